The Labute approximate surface area is 156 Å². The van der Waals surface area contributed by atoms with Gasteiger partial charge in [0.25, 0.3) is 0 Å². The summed E-state index contributed by atoms with van der Waals surface area (Å²) in [5.41, 5.74) is 1.74. The zero-order chi connectivity index (χ0) is 18.1. The van der Waals surface area contributed by atoms with E-state index < -0.39 is 0 Å². The normalized spacial score (nSPS) is 21.7. The number of nitrogens with one attached hydrogen (secondary N) is 1. The number of carbonyl (C=O) groups excluding carboxylic acids is 2. The van der Waals surface area contributed by atoms with Crippen molar-refractivity contribution in [2.45, 2.75) is 31.6 Å². The number of rotatable bonds is 2. The fourth-order valence-corrected chi connectivity index (χ4v) is 3.99. The molecule has 2 aromatic heterocycles. The largest absolute Gasteiger partial charge is 0.355 e. The van der Waals surface area contributed by atoms with Gasteiger partial charge in [-0.25, -0.2) is 9.97 Å². The first-order valence-corrected chi connectivity index (χ1v) is 9.45. The van der Waals surface area contributed by atoms with E-state index in [0.717, 1.165) is 37.0 Å². The number of likely N-dealkylation sites (tertiary alicyclic amines) is 1. The number of pyridine rings is 2. The molecule has 0 radical (unpaired) electrons. The van der Waals surface area contributed by atoms with Crippen molar-refractivity contribution in [3.05, 3.63) is 35.1 Å². The van der Waals surface area contributed by atoms with Gasteiger partial charge in [0.15, 0.2) is 5.65 Å². The minimum atomic E-state index is -0.0722. The van der Waals surface area contributed by atoms with Gasteiger partial charge in [-0.15, -0.1) is 0 Å². The van der Waals surface area contributed by atoms with Crippen molar-refractivity contribution < 1.29 is 9.59 Å². The molecule has 26 heavy (non-hydrogen) atoms. The van der Waals surface area contributed by atoms with Crippen molar-refractivity contribution >= 4 is 34.4 Å². The molecule has 2 aliphatic rings. The highest BCUT2D eigenvalue weighted by molar-refractivity contribution is 6.31. The molecule has 0 aromatic carbocycles. The molecule has 0 saturated carbocycles. The number of fused-ring (bicyclic) bond motifs is 1. The number of amides is 2. The fraction of sp³-hybridized carbons (Fsp3) is 0.474. The molecule has 1 atom stereocenters. The number of aromatic nitrogens is 2. The summed E-state index contributed by atoms with van der Waals surface area (Å²) in [6.07, 6.45) is 4.52. The van der Waals surface area contributed by atoms with Crippen molar-refractivity contribution in [2.75, 3.05) is 19.6 Å². The van der Waals surface area contributed by atoms with Crippen LogP contribution in [0.25, 0.3) is 11.0 Å². The number of carbonyl (C=O) groups is 2. The van der Waals surface area contributed by atoms with Crippen LogP contribution in [0.5, 0.6) is 0 Å². The number of hydrogen-bond donors (Lipinski definition) is 1. The van der Waals surface area contributed by atoms with Gasteiger partial charge < -0.3 is 10.2 Å². The molecule has 7 heteroatoms. The monoisotopic (exact) mass is 372 g/mol. The summed E-state index contributed by atoms with van der Waals surface area (Å²) in [5.74, 6) is 0.486. The summed E-state index contributed by atoms with van der Waals surface area (Å²) < 4.78 is 0. The quantitative estimate of drug-likeness (QED) is 0.878. The van der Waals surface area contributed by atoms with Gasteiger partial charge in [-0.3, -0.25) is 9.59 Å². The Hall–Kier alpha value is -2.21. The molecule has 136 valence electrons. The molecule has 1 unspecified atom stereocenters. The molecule has 0 bridgehead atoms. The second-order valence-electron chi connectivity index (χ2n) is 7.08. The summed E-state index contributed by atoms with van der Waals surface area (Å²) in [4.78, 5) is 34.8. The first-order chi connectivity index (χ1) is 12.6. The zero-order valence-electron chi connectivity index (χ0n) is 14.4. The molecule has 4 rings (SSSR count). The van der Waals surface area contributed by atoms with Crippen LogP contribution in [0.15, 0.2) is 24.4 Å². The molecule has 1 N–H and O–H groups in total. The summed E-state index contributed by atoms with van der Waals surface area (Å²) >= 11 is 5.97. The topological polar surface area (TPSA) is 75.2 Å². The molecule has 4 heterocycles. The summed E-state index contributed by atoms with van der Waals surface area (Å²) in [5, 5.41) is 4.34. The predicted octanol–water partition coefficient (Wildman–Crippen LogP) is 2.52. The van der Waals surface area contributed by atoms with Gasteiger partial charge in [-0.1, -0.05) is 11.6 Å². The van der Waals surface area contributed by atoms with Crippen LogP contribution in [0.3, 0.4) is 0 Å². The van der Waals surface area contributed by atoms with E-state index in [9.17, 15) is 9.59 Å². The molecule has 2 fully saturated rings. The Morgan fingerprint density at radius 1 is 1.23 bits per heavy atom. The Bertz CT molecular complexity index is 839. The molecule has 2 aromatic rings. The van der Waals surface area contributed by atoms with Crippen LogP contribution in [0, 0.1) is 5.92 Å². The molecule has 6 nitrogen and oxygen atoms in total. The fourth-order valence-electron chi connectivity index (χ4n) is 3.82. The minimum absolute atomic E-state index is 0.0463. The Morgan fingerprint density at radius 3 is 2.77 bits per heavy atom. The molecule has 2 amide bonds. The SMILES string of the molecule is O=C1CCC(C(=O)N2CCC(c3ccc4cc(Cl)cnc4n3)CC2)CN1. The molecule has 0 aliphatic carbocycles. The minimum Gasteiger partial charge on any atom is -0.355 e. The number of piperidine rings is 2. The maximum absolute atomic E-state index is 12.6. The Kier molecular flexibility index (Phi) is 4.76. The van der Waals surface area contributed by atoms with Gasteiger partial charge in [-0.2, -0.15) is 0 Å². The van der Waals surface area contributed by atoms with Gasteiger partial charge in [0.2, 0.25) is 11.8 Å². The van der Waals surface area contributed by atoms with Crippen molar-refractivity contribution in [3.63, 3.8) is 0 Å². The highest BCUT2D eigenvalue weighted by Crippen LogP contribution is 2.29. The van der Waals surface area contributed by atoms with Crippen LogP contribution in [0.1, 0.15) is 37.3 Å². The summed E-state index contributed by atoms with van der Waals surface area (Å²) in [6, 6.07) is 5.92. The third kappa shape index (κ3) is 3.51. The predicted molar refractivity (Wildman–Crippen MR) is 98.8 cm³/mol. The maximum atomic E-state index is 12.6. The molecule has 0 spiro atoms. The second kappa shape index (κ2) is 7.19. The smallest absolute Gasteiger partial charge is 0.227 e. The van der Waals surface area contributed by atoms with E-state index >= 15 is 0 Å². The highest BCUT2D eigenvalue weighted by Gasteiger charge is 2.31. The second-order valence-corrected chi connectivity index (χ2v) is 7.51. The molecule has 2 aliphatic heterocycles. The van der Waals surface area contributed by atoms with Gasteiger partial charge >= 0.3 is 0 Å². The van der Waals surface area contributed by atoms with Crippen molar-refractivity contribution in [3.8, 4) is 0 Å². The lowest BCUT2D eigenvalue weighted by atomic mass is 9.91. The van der Waals surface area contributed by atoms with Crippen LogP contribution in [0.4, 0.5) is 0 Å². The Morgan fingerprint density at radius 2 is 2.04 bits per heavy atom. The maximum Gasteiger partial charge on any atom is 0.227 e. The molecular weight excluding hydrogens is 352 g/mol. The van der Waals surface area contributed by atoms with Crippen LogP contribution in [-0.2, 0) is 9.59 Å². The third-order valence-corrected chi connectivity index (χ3v) is 5.58. The average molecular weight is 373 g/mol. The van der Waals surface area contributed by atoms with Crippen LogP contribution >= 0.6 is 11.6 Å². The van der Waals surface area contributed by atoms with E-state index in [4.69, 9.17) is 11.6 Å². The van der Waals surface area contributed by atoms with E-state index in [-0.39, 0.29) is 17.7 Å². The van der Waals surface area contributed by atoms with Crippen LogP contribution in [0.2, 0.25) is 5.02 Å². The lowest BCUT2D eigenvalue weighted by molar-refractivity contribution is -0.138. The number of nitrogens with zero attached hydrogens (tertiary/aromatic N) is 3. The highest BCUT2D eigenvalue weighted by atomic mass is 35.5. The van der Waals surface area contributed by atoms with E-state index in [0.29, 0.717) is 36.0 Å². The van der Waals surface area contributed by atoms with Gasteiger partial charge in [0, 0.05) is 49.2 Å². The van der Waals surface area contributed by atoms with Crippen LogP contribution < -0.4 is 5.32 Å². The molecule has 2 saturated heterocycles. The van der Waals surface area contributed by atoms with E-state index in [2.05, 4.69) is 15.3 Å². The molecular formula is C19H21ClN4O2. The van der Waals surface area contributed by atoms with Gasteiger partial charge in [0.1, 0.15) is 0 Å². The third-order valence-electron chi connectivity index (χ3n) is 5.37. The van der Waals surface area contributed by atoms with Crippen molar-refractivity contribution in [1.29, 1.82) is 0 Å². The average Bonchev–Trinajstić information content (AvgIpc) is 2.68. The first kappa shape index (κ1) is 17.2. The number of halogens is 1. The van der Waals surface area contributed by atoms with E-state index in [1.807, 2.05) is 23.1 Å². The standard InChI is InChI=1S/C19H21ClN4O2/c20-15-9-13-1-3-16(23-18(13)22-11-15)12-5-7-24(8-6-12)19(26)14-2-4-17(25)21-10-14/h1,3,9,11-12,14H,2,4-8,10H2,(H,21,25). The lowest BCUT2D eigenvalue weighted by Crippen LogP contribution is -2.47. The van der Waals surface area contributed by atoms with Crippen molar-refractivity contribution in [1.82, 2.24) is 20.2 Å². The van der Waals surface area contributed by atoms with E-state index in [1.165, 1.54) is 0 Å². The van der Waals surface area contributed by atoms with Gasteiger partial charge in [-0.05, 0) is 37.5 Å². The van der Waals surface area contributed by atoms with Crippen LogP contribution in [-0.4, -0.2) is 46.3 Å². The summed E-state index contributed by atoms with van der Waals surface area (Å²) in [7, 11) is 0. The number of hydrogen-bond acceptors (Lipinski definition) is 4. The first-order valence-electron chi connectivity index (χ1n) is 9.08. The zero-order valence-corrected chi connectivity index (χ0v) is 15.2. The van der Waals surface area contributed by atoms with E-state index in [1.54, 1.807) is 6.20 Å². The summed E-state index contributed by atoms with van der Waals surface area (Å²) in [6.45, 7) is 1.95. The van der Waals surface area contributed by atoms with Gasteiger partial charge in [0.05, 0.1) is 10.9 Å². The lowest BCUT2D eigenvalue weighted by Gasteiger charge is -2.35. The Balaban J connectivity index is 1.39. The van der Waals surface area contributed by atoms with Crippen molar-refractivity contribution in [2.24, 2.45) is 5.92 Å².